The van der Waals surface area contributed by atoms with Crippen LogP contribution in [-0.2, 0) is 11.8 Å². The Hall–Kier alpha value is -2.43. The van der Waals surface area contributed by atoms with Crippen LogP contribution < -0.4 is 5.32 Å². The van der Waals surface area contributed by atoms with E-state index in [2.05, 4.69) is 33.3 Å². The number of anilines is 1. The molecule has 23 heavy (non-hydrogen) atoms. The maximum Gasteiger partial charge on any atom is 0.101 e. The number of ether oxygens (including phenoxy) is 1. The summed E-state index contributed by atoms with van der Waals surface area (Å²) in [5.74, 6) is 0. The van der Waals surface area contributed by atoms with Crippen molar-refractivity contribution in [3.8, 4) is 6.07 Å². The maximum absolute atomic E-state index is 9.17. The minimum atomic E-state index is -0.0316. The van der Waals surface area contributed by atoms with E-state index >= 15 is 0 Å². The molecule has 2 atom stereocenters. The van der Waals surface area contributed by atoms with Gasteiger partial charge in [0.25, 0.3) is 0 Å². The number of aryl methyl sites for hydroxylation is 1. The molecule has 0 spiro atoms. The molecule has 1 aliphatic heterocycles. The molecule has 1 aliphatic rings. The van der Waals surface area contributed by atoms with Crippen LogP contribution in [0, 0.1) is 11.3 Å². The molecule has 0 radical (unpaired) electrons. The lowest BCUT2D eigenvalue weighted by atomic mass is 10.0. The molecule has 0 aliphatic carbocycles. The molecule has 120 valence electrons. The highest BCUT2D eigenvalue weighted by atomic mass is 16.5. The Bertz CT molecular complexity index is 707. The molecule has 2 aromatic rings. The Balaban J connectivity index is 1.77. The molecule has 7 heteroatoms. The SMILES string of the molecule is CN1CCO[C@@H](CNc2cnccc2C#N)[C@@H]1c1cncn1C. The quantitative estimate of drug-likeness (QED) is 0.913. The Morgan fingerprint density at radius 3 is 3.00 bits per heavy atom. The zero-order valence-corrected chi connectivity index (χ0v) is 13.3. The lowest BCUT2D eigenvalue weighted by molar-refractivity contribution is -0.0578. The largest absolute Gasteiger partial charge is 0.380 e. The number of pyridine rings is 1. The Morgan fingerprint density at radius 2 is 2.26 bits per heavy atom. The first-order valence-corrected chi connectivity index (χ1v) is 7.56. The van der Waals surface area contributed by atoms with E-state index < -0.39 is 0 Å². The van der Waals surface area contributed by atoms with Gasteiger partial charge in [0.2, 0.25) is 0 Å². The number of hydrogen-bond acceptors (Lipinski definition) is 6. The van der Waals surface area contributed by atoms with Crippen LogP contribution in [0.5, 0.6) is 0 Å². The second-order valence-electron chi connectivity index (χ2n) is 5.68. The van der Waals surface area contributed by atoms with Gasteiger partial charge in [-0.1, -0.05) is 0 Å². The van der Waals surface area contributed by atoms with E-state index in [1.807, 2.05) is 17.8 Å². The van der Waals surface area contributed by atoms with E-state index in [0.29, 0.717) is 18.7 Å². The minimum absolute atomic E-state index is 0.0316. The van der Waals surface area contributed by atoms with Crippen LogP contribution in [0.1, 0.15) is 17.3 Å². The van der Waals surface area contributed by atoms with Crippen molar-refractivity contribution in [3.05, 3.63) is 42.2 Å². The molecule has 3 heterocycles. The fourth-order valence-corrected chi connectivity index (χ4v) is 2.94. The molecule has 2 aromatic heterocycles. The van der Waals surface area contributed by atoms with E-state index in [-0.39, 0.29) is 12.1 Å². The average Bonchev–Trinajstić information content (AvgIpc) is 2.99. The number of nitriles is 1. The van der Waals surface area contributed by atoms with Crippen LogP contribution in [-0.4, -0.2) is 52.3 Å². The van der Waals surface area contributed by atoms with Gasteiger partial charge in [-0.25, -0.2) is 4.98 Å². The zero-order valence-electron chi connectivity index (χ0n) is 13.3. The standard InChI is InChI=1S/C16H20N6O/c1-21-5-6-23-15(16(21)14-9-19-11-22(14)2)10-20-13-8-18-4-3-12(13)7-17/h3-4,8-9,11,15-16,20H,5-6,10H2,1-2H3/t15-,16-/m0/s1. The van der Waals surface area contributed by atoms with Gasteiger partial charge in [0.15, 0.2) is 0 Å². The van der Waals surface area contributed by atoms with Gasteiger partial charge in [0.05, 0.1) is 48.2 Å². The average molecular weight is 312 g/mol. The molecule has 0 aromatic carbocycles. The number of imidazole rings is 1. The summed E-state index contributed by atoms with van der Waals surface area (Å²) in [6.45, 7) is 2.17. The minimum Gasteiger partial charge on any atom is -0.380 e. The number of aromatic nitrogens is 3. The normalized spacial score (nSPS) is 21.8. The molecule has 0 saturated carbocycles. The molecule has 1 N–H and O–H groups in total. The van der Waals surface area contributed by atoms with Gasteiger partial charge in [0.1, 0.15) is 6.07 Å². The number of likely N-dealkylation sites (N-methyl/N-ethyl adjacent to an activating group) is 1. The van der Waals surface area contributed by atoms with Crippen LogP contribution in [0.2, 0.25) is 0 Å². The zero-order chi connectivity index (χ0) is 16.2. The highest BCUT2D eigenvalue weighted by Crippen LogP contribution is 2.28. The van der Waals surface area contributed by atoms with E-state index in [1.54, 1.807) is 24.8 Å². The van der Waals surface area contributed by atoms with Gasteiger partial charge in [0, 0.05) is 32.5 Å². The summed E-state index contributed by atoms with van der Waals surface area (Å²) in [5.41, 5.74) is 2.43. The molecule has 1 saturated heterocycles. The fraction of sp³-hybridized carbons (Fsp3) is 0.438. The van der Waals surface area contributed by atoms with Gasteiger partial charge < -0.3 is 14.6 Å². The van der Waals surface area contributed by atoms with Gasteiger partial charge >= 0.3 is 0 Å². The summed E-state index contributed by atoms with van der Waals surface area (Å²) in [6, 6.07) is 3.99. The fourth-order valence-electron chi connectivity index (χ4n) is 2.94. The predicted octanol–water partition coefficient (Wildman–Crippen LogP) is 1.17. The first-order valence-electron chi connectivity index (χ1n) is 7.56. The predicted molar refractivity (Wildman–Crippen MR) is 85.8 cm³/mol. The highest BCUT2D eigenvalue weighted by Gasteiger charge is 2.33. The van der Waals surface area contributed by atoms with Crippen molar-refractivity contribution in [2.75, 3.05) is 32.1 Å². The number of hydrogen-bond donors (Lipinski definition) is 1. The summed E-state index contributed by atoms with van der Waals surface area (Å²) >= 11 is 0. The van der Waals surface area contributed by atoms with Crippen LogP contribution in [0.4, 0.5) is 5.69 Å². The molecule has 3 rings (SSSR count). The monoisotopic (exact) mass is 312 g/mol. The van der Waals surface area contributed by atoms with Crippen LogP contribution in [0.15, 0.2) is 31.0 Å². The summed E-state index contributed by atoms with van der Waals surface area (Å²) in [6.07, 6.45) is 6.94. The van der Waals surface area contributed by atoms with Gasteiger partial charge in [-0.05, 0) is 13.1 Å². The number of rotatable bonds is 4. The van der Waals surface area contributed by atoms with E-state index in [9.17, 15) is 0 Å². The number of morpholine rings is 1. The van der Waals surface area contributed by atoms with E-state index in [0.717, 1.165) is 17.9 Å². The lowest BCUT2D eigenvalue weighted by Gasteiger charge is -2.39. The maximum atomic E-state index is 9.17. The van der Waals surface area contributed by atoms with E-state index in [1.165, 1.54) is 0 Å². The lowest BCUT2D eigenvalue weighted by Crippen LogP contribution is -2.46. The Kier molecular flexibility index (Phi) is 4.55. The van der Waals surface area contributed by atoms with Crippen molar-refractivity contribution in [2.24, 2.45) is 7.05 Å². The summed E-state index contributed by atoms with van der Waals surface area (Å²) < 4.78 is 8.01. The second kappa shape index (κ2) is 6.77. The molecule has 0 unspecified atom stereocenters. The first kappa shape index (κ1) is 15.5. The molecule has 1 fully saturated rings. The van der Waals surface area contributed by atoms with Crippen molar-refractivity contribution in [3.63, 3.8) is 0 Å². The Morgan fingerprint density at radius 1 is 1.39 bits per heavy atom. The molecule has 7 nitrogen and oxygen atoms in total. The van der Waals surface area contributed by atoms with Crippen molar-refractivity contribution in [2.45, 2.75) is 12.1 Å². The van der Waals surface area contributed by atoms with Gasteiger partial charge in [-0.2, -0.15) is 5.26 Å². The van der Waals surface area contributed by atoms with Crippen molar-refractivity contribution in [1.82, 2.24) is 19.4 Å². The molecule has 0 bridgehead atoms. The van der Waals surface area contributed by atoms with Gasteiger partial charge in [-0.15, -0.1) is 0 Å². The van der Waals surface area contributed by atoms with Crippen molar-refractivity contribution < 1.29 is 4.74 Å². The van der Waals surface area contributed by atoms with E-state index in [4.69, 9.17) is 10.00 Å². The highest BCUT2D eigenvalue weighted by molar-refractivity contribution is 5.55. The first-order chi connectivity index (χ1) is 11.2. The summed E-state index contributed by atoms with van der Waals surface area (Å²) in [5, 5.41) is 12.5. The smallest absolute Gasteiger partial charge is 0.101 e. The van der Waals surface area contributed by atoms with Crippen molar-refractivity contribution >= 4 is 5.69 Å². The summed E-state index contributed by atoms with van der Waals surface area (Å²) in [4.78, 5) is 10.6. The third kappa shape index (κ3) is 3.18. The van der Waals surface area contributed by atoms with Crippen molar-refractivity contribution in [1.29, 1.82) is 5.26 Å². The van der Waals surface area contributed by atoms with Crippen LogP contribution in [0.3, 0.4) is 0 Å². The third-order valence-electron chi connectivity index (χ3n) is 4.20. The topological polar surface area (TPSA) is 79.0 Å². The van der Waals surface area contributed by atoms with Crippen LogP contribution >= 0.6 is 0 Å². The number of nitrogens with one attached hydrogen (secondary N) is 1. The third-order valence-corrected chi connectivity index (χ3v) is 4.20. The molecular formula is C16H20N6O. The number of nitrogens with zero attached hydrogens (tertiary/aromatic N) is 5. The second-order valence-corrected chi connectivity index (χ2v) is 5.68. The molecular weight excluding hydrogens is 292 g/mol. The summed E-state index contributed by atoms with van der Waals surface area (Å²) in [7, 11) is 4.09. The molecule has 0 amide bonds. The van der Waals surface area contributed by atoms with Gasteiger partial charge in [-0.3, -0.25) is 9.88 Å². The Labute approximate surface area is 135 Å². The van der Waals surface area contributed by atoms with Crippen LogP contribution in [0.25, 0.3) is 0 Å².